The predicted octanol–water partition coefficient (Wildman–Crippen LogP) is 0.265. The molecule has 0 spiro atoms. The van der Waals surface area contributed by atoms with Crippen LogP contribution in [0.1, 0.15) is 32.7 Å². The van der Waals surface area contributed by atoms with E-state index >= 15 is 0 Å². The molecule has 3 atom stereocenters. The number of aromatic nitrogens is 2. The van der Waals surface area contributed by atoms with Crippen LogP contribution in [0.25, 0.3) is 10.9 Å². The quantitative estimate of drug-likeness (QED) is 0.616. The number of benzene rings is 1. The van der Waals surface area contributed by atoms with Crippen molar-refractivity contribution in [2.75, 3.05) is 12.0 Å². The van der Waals surface area contributed by atoms with Gasteiger partial charge in [-0.05, 0) is 36.5 Å². The predicted molar refractivity (Wildman–Crippen MR) is 107 cm³/mol. The zero-order valence-corrected chi connectivity index (χ0v) is 16.9. The van der Waals surface area contributed by atoms with Crippen molar-refractivity contribution in [2.45, 2.75) is 38.8 Å². The molecule has 0 bridgehead atoms. The minimum Gasteiger partial charge on any atom is -0.548 e. The van der Waals surface area contributed by atoms with E-state index in [0.717, 1.165) is 4.57 Å². The Hall–Kier alpha value is -2.55. The fourth-order valence-corrected chi connectivity index (χ4v) is 3.44. The maximum Gasteiger partial charge on any atom is 0.329 e. The number of fused-ring (bicyclic) bond motifs is 1. The molecule has 1 aromatic heterocycles. The summed E-state index contributed by atoms with van der Waals surface area (Å²) < 4.78 is 0.872. The standard InChI is InChI=1S/C19H25N3O5S/c1-4-11(2)15(18(25)26)21-16(23)14(9-10-28-3)22-17(24)12-7-5-6-8-13(12)20-19(22)27/h5-8,11,14-15H,4,9-10H2,1-3H3,(H,20,27)(H,21,23)(H,25,26)/p-1/t11-,14+,15+/m1/s1. The summed E-state index contributed by atoms with van der Waals surface area (Å²) >= 11 is 1.46. The highest BCUT2D eigenvalue weighted by molar-refractivity contribution is 7.98. The minimum atomic E-state index is -1.40. The molecule has 0 aliphatic carbocycles. The molecule has 0 radical (unpaired) electrons. The van der Waals surface area contributed by atoms with E-state index in [-0.39, 0.29) is 17.7 Å². The van der Waals surface area contributed by atoms with E-state index in [2.05, 4.69) is 10.3 Å². The van der Waals surface area contributed by atoms with Crippen molar-refractivity contribution in [2.24, 2.45) is 5.92 Å². The van der Waals surface area contributed by atoms with Gasteiger partial charge in [-0.25, -0.2) is 9.36 Å². The summed E-state index contributed by atoms with van der Waals surface area (Å²) in [6.07, 6.45) is 2.56. The zero-order valence-electron chi connectivity index (χ0n) is 16.1. The molecular formula is C19H24N3O5S-. The van der Waals surface area contributed by atoms with Gasteiger partial charge in [0.05, 0.1) is 22.9 Å². The van der Waals surface area contributed by atoms with Gasteiger partial charge in [0.2, 0.25) is 5.91 Å². The molecule has 0 aliphatic heterocycles. The van der Waals surface area contributed by atoms with Gasteiger partial charge in [0, 0.05) is 0 Å². The van der Waals surface area contributed by atoms with Gasteiger partial charge in [0.1, 0.15) is 6.04 Å². The lowest BCUT2D eigenvalue weighted by molar-refractivity contribution is -0.309. The number of nitrogens with one attached hydrogen (secondary N) is 2. The molecule has 152 valence electrons. The normalized spacial score (nSPS) is 14.4. The van der Waals surface area contributed by atoms with Crippen LogP contribution in [0.15, 0.2) is 33.9 Å². The average molecular weight is 406 g/mol. The molecule has 1 aromatic carbocycles. The van der Waals surface area contributed by atoms with Crippen LogP contribution in [0, 0.1) is 5.92 Å². The molecule has 0 unspecified atom stereocenters. The fraction of sp³-hybridized carbons (Fsp3) is 0.474. The molecule has 0 fully saturated rings. The summed E-state index contributed by atoms with van der Waals surface area (Å²) in [5.41, 5.74) is -0.919. The Bertz CT molecular complexity index is 968. The second kappa shape index (κ2) is 9.59. The topological polar surface area (TPSA) is 124 Å². The number of para-hydroxylation sites is 1. The maximum absolute atomic E-state index is 12.9. The Kier molecular flexibility index (Phi) is 7.45. The molecule has 1 heterocycles. The zero-order chi connectivity index (χ0) is 20.8. The number of carbonyl (C=O) groups excluding carboxylic acids is 2. The van der Waals surface area contributed by atoms with Crippen LogP contribution in [-0.4, -0.2) is 39.5 Å². The van der Waals surface area contributed by atoms with Crippen molar-refractivity contribution in [3.05, 3.63) is 45.1 Å². The number of amides is 1. The van der Waals surface area contributed by atoms with Gasteiger partial charge in [-0.3, -0.25) is 9.59 Å². The van der Waals surface area contributed by atoms with Gasteiger partial charge in [0.25, 0.3) is 5.56 Å². The highest BCUT2D eigenvalue weighted by atomic mass is 32.2. The summed E-state index contributed by atoms with van der Waals surface area (Å²) in [6, 6.07) is 4.20. The summed E-state index contributed by atoms with van der Waals surface area (Å²) in [7, 11) is 0. The number of H-pyrrole nitrogens is 1. The van der Waals surface area contributed by atoms with Crippen LogP contribution in [-0.2, 0) is 9.59 Å². The van der Waals surface area contributed by atoms with Crippen LogP contribution in [0.2, 0.25) is 0 Å². The van der Waals surface area contributed by atoms with Crippen LogP contribution >= 0.6 is 11.8 Å². The Balaban J connectivity index is 2.50. The lowest BCUT2D eigenvalue weighted by Crippen LogP contribution is -2.54. The molecule has 2 N–H and O–H groups in total. The van der Waals surface area contributed by atoms with Crippen LogP contribution in [0.4, 0.5) is 0 Å². The monoisotopic (exact) mass is 406 g/mol. The van der Waals surface area contributed by atoms with Gasteiger partial charge in [-0.1, -0.05) is 32.4 Å². The van der Waals surface area contributed by atoms with Crippen molar-refractivity contribution >= 4 is 34.5 Å². The smallest absolute Gasteiger partial charge is 0.329 e. The second-order valence-corrected chi connectivity index (χ2v) is 7.62. The summed E-state index contributed by atoms with van der Waals surface area (Å²) in [5, 5.41) is 14.2. The van der Waals surface area contributed by atoms with Gasteiger partial charge < -0.3 is 20.2 Å². The number of hydrogen-bond acceptors (Lipinski definition) is 6. The fourth-order valence-electron chi connectivity index (χ4n) is 2.98. The van der Waals surface area contributed by atoms with Crippen molar-refractivity contribution in [3.8, 4) is 0 Å². The Labute approximate surface area is 166 Å². The van der Waals surface area contributed by atoms with E-state index in [0.29, 0.717) is 17.7 Å². The van der Waals surface area contributed by atoms with Crippen molar-refractivity contribution in [3.63, 3.8) is 0 Å². The van der Waals surface area contributed by atoms with Gasteiger partial charge in [0.15, 0.2) is 0 Å². The summed E-state index contributed by atoms with van der Waals surface area (Å²) in [4.78, 5) is 52.4. The highest BCUT2D eigenvalue weighted by Crippen LogP contribution is 2.15. The van der Waals surface area contributed by atoms with Crippen molar-refractivity contribution < 1.29 is 14.7 Å². The maximum atomic E-state index is 12.9. The summed E-state index contributed by atoms with van der Waals surface area (Å²) in [6.45, 7) is 3.49. The number of aliphatic carboxylic acids is 1. The number of aromatic amines is 1. The van der Waals surface area contributed by atoms with Crippen LogP contribution in [0.5, 0.6) is 0 Å². The van der Waals surface area contributed by atoms with E-state index in [1.807, 2.05) is 6.26 Å². The molecule has 0 saturated carbocycles. The van der Waals surface area contributed by atoms with Gasteiger partial charge in [-0.2, -0.15) is 11.8 Å². The van der Waals surface area contributed by atoms with E-state index in [9.17, 15) is 24.3 Å². The van der Waals surface area contributed by atoms with Gasteiger partial charge >= 0.3 is 5.69 Å². The van der Waals surface area contributed by atoms with Crippen LogP contribution in [0.3, 0.4) is 0 Å². The average Bonchev–Trinajstić information content (AvgIpc) is 2.67. The Morgan fingerprint density at radius 2 is 1.96 bits per heavy atom. The first-order valence-electron chi connectivity index (χ1n) is 9.05. The third kappa shape index (κ3) is 4.64. The third-order valence-electron chi connectivity index (χ3n) is 4.81. The first-order chi connectivity index (χ1) is 13.3. The number of thioether (sulfide) groups is 1. The molecule has 1 amide bonds. The lowest BCUT2D eigenvalue weighted by atomic mass is 9.98. The first-order valence-corrected chi connectivity index (χ1v) is 10.4. The molecule has 0 aliphatic rings. The minimum absolute atomic E-state index is 0.203. The molecular weight excluding hydrogens is 382 g/mol. The summed E-state index contributed by atoms with van der Waals surface area (Å²) in [5.74, 6) is -1.94. The molecule has 0 saturated heterocycles. The number of rotatable bonds is 9. The Morgan fingerprint density at radius 1 is 1.29 bits per heavy atom. The third-order valence-corrected chi connectivity index (χ3v) is 5.46. The number of carbonyl (C=O) groups is 2. The number of carboxylic acids is 1. The number of hydrogen-bond donors (Lipinski definition) is 2. The van der Waals surface area contributed by atoms with E-state index in [1.54, 1.807) is 38.1 Å². The van der Waals surface area contributed by atoms with E-state index in [4.69, 9.17) is 0 Å². The molecule has 8 nitrogen and oxygen atoms in total. The van der Waals surface area contributed by atoms with E-state index < -0.39 is 35.2 Å². The largest absolute Gasteiger partial charge is 0.548 e. The van der Waals surface area contributed by atoms with E-state index in [1.165, 1.54) is 11.8 Å². The molecule has 28 heavy (non-hydrogen) atoms. The highest BCUT2D eigenvalue weighted by Gasteiger charge is 2.28. The SMILES string of the molecule is CC[C@@H](C)[C@H](NC(=O)[C@H](CCSC)n1c(=O)[nH]c2ccccc2c1=O)C(=O)[O-]. The Morgan fingerprint density at radius 3 is 2.57 bits per heavy atom. The molecule has 2 rings (SSSR count). The molecule has 9 heteroatoms. The van der Waals surface area contributed by atoms with Crippen LogP contribution < -0.4 is 21.7 Å². The van der Waals surface area contributed by atoms with Gasteiger partial charge in [-0.15, -0.1) is 0 Å². The number of nitrogens with zero attached hydrogens (tertiary/aromatic N) is 1. The second-order valence-electron chi connectivity index (χ2n) is 6.64. The molecule has 2 aromatic rings. The first kappa shape index (κ1) is 21.7. The van der Waals surface area contributed by atoms with Crippen molar-refractivity contribution in [1.82, 2.24) is 14.9 Å². The van der Waals surface area contributed by atoms with Crippen molar-refractivity contribution in [1.29, 1.82) is 0 Å². The lowest BCUT2D eigenvalue weighted by Gasteiger charge is -2.28. The number of carboxylic acid groups (broad SMARTS) is 1.